The van der Waals surface area contributed by atoms with Gasteiger partial charge in [-0.05, 0) is 42.3 Å². The summed E-state index contributed by atoms with van der Waals surface area (Å²) in [4.78, 5) is 17.1. The third kappa shape index (κ3) is 3.89. The number of ether oxygens (including phenoxy) is 1. The van der Waals surface area contributed by atoms with Gasteiger partial charge in [0.1, 0.15) is 0 Å². The first-order chi connectivity index (χ1) is 14.1. The number of hydrogen-bond acceptors (Lipinski definition) is 4. The standard InChI is InChI=1S/C22H21ClN4O2/c1-3-19-18-8-7-16(23)14-20(18)27(22(28)25-19)17-6-4-5-15(13-17)10-12-29-21-9-11-24-26(21)2/h4-9,11,13-14H,3,10,12H2,1-2H3. The Labute approximate surface area is 173 Å². The molecule has 0 fully saturated rings. The van der Waals surface area contributed by atoms with Gasteiger partial charge in [-0.15, -0.1) is 0 Å². The molecule has 0 radical (unpaired) electrons. The smallest absolute Gasteiger partial charge is 0.352 e. The van der Waals surface area contributed by atoms with Gasteiger partial charge in [-0.2, -0.15) is 10.1 Å². The normalized spacial score (nSPS) is 11.1. The Balaban J connectivity index is 1.68. The summed E-state index contributed by atoms with van der Waals surface area (Å²) in [6, 6.07) is 15.2. The Morgan fingerprint density at radius 3 is 2.76 bits per heavy atom. The van der Waals surface area contributed by atoms with Gasteiger partial charge in [-0.3, -0.25) is 4.57 Å². The molecule has 2 aromatic carbocycles. The maximum Gasteiger partial charge on any atom is 0.352 e. The van der Waals surface area contributed by atoms with Gasteiger partial charge in [-0.1, -0.05) is 30.7 Å². The fraction of sp³-hybridized carbons (Fsp3) is 0.227. The maximum absolute atomic E-state index is 12.8. The minimum absolute atomic E-state index is 0.306. The summed E-state index contributed by atoms with van der Waals surface area (Å²) in [5.41, 5.74) is 3.05. The van der Waals surface area contributed by atoms with Crippen molar-refractivity contribution in [3.63, 3.8) is 0 Å². The Hall–Kier alpha value is -3.12. The van der Waals surface area contributed by atoms with Gasteiger partial charge in [0, 0.05) is 29.9 Å². The van der Waals surface area contributed by atoms with Crippen molar-refractivity contribution < 1.29 is 4.74 Å². The highest BCUT2D eigenvalue weighted by Crippen LogP contribution is 2.23. The van der Waals surface area contributed by atoms with Gasteiger partial charge in [0.25, 0.3) is 0 Å². The molecule has 0 bridgehead atoms. The van der Waals surface area contributed by atoms with E-state index in [4.69, 9.17) is 16.3 Å². The molecule has 0 unspecified atom stereocenters. The number of rotatable bonds is 6. The van der Waals surface area contributed by atoms with E-state index >= 15 is 0 Å². The van der Waals surface area contributed by atoms with Crippen LogP contribution in [-0.4, -0.2) is 25.9 Å². The molecule has 29 heavy (non-hydrogen) atoms. The fourth-order valence-electron chi connectivity index (χ4n) is 3.41. The second-order valence-corrected chi connectivity index (χ2v) is 7.19. The molecule has 6 nitrogen and oxygen atoms in total. The van der Waals surface area contributed by atoms with Crippen molar-refractivity contribution in [3.05, 3.63) is 81.5 Å². The van der Waals surface area contributed by atoms with Crippen molar-refractivity contribution in [2.45, 2.75) is 19.8 Å². The van der Waals surface area contributed by atoms with Crippen LogP contribution in [0.4, 0.5) is 0 Å². The van der Waals surface area contributed by atoms with Gasteiger partial charge in [0.15, 0.2) is 0 Å². The van der Waals surface area contributed by atoms with E-state index in [0.717, 1.165) is 33.7 Å². The third-order valence-electron chi connectivity index (χ3n) is 4.85. The molecule has 4 aromatic rings. The second kappa shape index (κ2) is 8.09. The molecule has 0 amide bonds. The van der Waals surface area contributed by atoms with Gasteiger partial charge in [0.05, 0.1) is 29.7 Å². The highest BCUT2D eigenvalue weighted by atomic mass is 35.5. The molecule has 0 saturated carbocycles. The summed E-state index contributed by atoms with van der Waals surface area (Å²) in [7, 11) is 1.84. The highest BCUT2D eigenvalue weighted by Gasteiger charge is 2.12. The van der Waals surface area contributed by atoms with Gasteiger partial charge >= 0.3 is 5.69 Å². The number of aryl methyl sites for hydroxylation is 2. The molecule has 2 aromatic heterocycles. The first-order valence-electron chi connectivity index (χ1n) is 9.48. The van der Waals surface area contributed by atoms with E-state index in [-0.39, 0.29) is 5.69 Å². The summed E-state index contributed by atoms with van der Waals surface area (Å²) in [5.74, 6) is 0.720. The van der Waals surface area contributed by atoms with Gasteiger partial charge in [-0.25, -0.2) is 9.48 Å². The van der Waals surface area contributed by atoms with Crippen LogP contribution < -0.4 is 10.4 Å². The van der Waals surface area contributed by atoms with E-state index in [1.807, 2.05) is 62.5 Å². The van der Waals surface area contributed by atoms with Crippen molar-refractivity contribution in [1.82, 2.24) is 19.3 Å². The highest BCUT2D eigenvalue weighted by molar-refractivity contribution is 6.31. The molecule has 0 saturated heterocycles. The Morgan fingerprint density at radius 1 is 1.14 bits per heavy atom. The zero-order chi connectivity index (χ0) is 20.4. The first-order valence-corrected chi connectivity index (χ1v) is 9.86. The van der Waals surface area contributed by atoms with Crippen LogP contribution in [0.15, 0.2) is 59.5 Å². The average Bonchev–Trinajstić information content (AvgIpc) is 3.12. The van der Waals surface area contributed by atoms with E-state index in [0.29, 0.717) is 24.5 Å². The number of aromatic nitrogens is 4. The number of halogens is 1. The van der Waals surface area contributed by atoms with Gasteiger partial charge in [0.2, 0.25) is 5.88 Å². The summed E-state index contributed by atoms with van der Waals surface area (Å²) < 4.78 is 9.07. The lowest BCUT2D eigenvalue weighted by Crippen LogP contribution is -2.23. The van der Waals surface area contributed by atoms with Crippen LogP contribution in [-0.2, 0) is 19.9 Å². The molecule has 0 atom stereocenters. The predicted octanol–water partition coefficient (Wildman–Crippen LogP) is 3.96. The predicted molar refractivity (Wildman–Crippen MR) is 114 cm³/mol. The summed E-state index contributed by atoms with van der Waals surface area (Å²) in [6.07, 6.45) is 3.08. The van der Waals surface area contributed by atoms with Crippen LogP contribution in [0.5, 0.6) is 5.88 Å². The second-order valence-electron chi connectivity index (χ2n) is 6.75. The van der Waals surface area contributed by atoms with E-state index in [9.17, 15) is 4.79 Å². The maximum atomic E-state index is 12.8. The SMILES string of the molecule is CCc1nc(=O)n(-c2cccc(CCOc3ccnn3C)c2)c2cc(Cl)ccc12. The summed E-state index contributed by atoms with van der Waals surface area (Å²) in [6.45, 7) is 2.50. The molecule has 0 spiro atoms. The lowest BCUT2D eigenvalue weighted by atomic mass is 10.1. The number of hydrogen-bond donors (Lipinski definition) is 0. The minimum atomic E-state index is -0.306. The van der Waals surface area contributed by atoms with Crippen LogP contribution in [0.2, 0.25) is 5.02 Å². The van der Waals surface area contributed by atoms with E-state index in [1.54, 1.807) is 15.4 Å². The third-order valence-corrected chi connectivity index (χ3v) is 5.09. The van der Waals surface area contributed by atoms with Crippen LogP contribution in [0.25, 0.3) is 16.6 Å². The van der Waals surface area contributed by atoms with Crippen molar-refractivity contribution >= 4 is 22.5 Å². The largest absolute Gasteiger partial charge is 0.477 e. The number of fused-ring (bicyclic) bond motifs is 1. The number of nitrogens with zero attached hydrogens (tertiary/aromatic N) is 4. The van der Waals surface area contributed by atoms with Crippen LogP contribution >= 0.6 is 11.6 Å². The van der Waals surface area contributed by atoms with Crippen LogP contribution in [0.1, 0.15) is 18.2 Å². The molecule has 7 heteroatoms. The van der Waals surface area contributed by atoms with Gasteiger partial charge < -0.3 is 4.74 Å². The van der Waals surface area contributed by atoms with Crippen molar-refractivity contribution in [1.29, 1.82) is 0 Å². The minimum Gasteiger partial charge on any atom is -0.477 e. The topological polar surface area (TPSA) is 61.9 Å². The zero-order valence-electron chi connectivity index (χ0n) is 16.3. The van der Waals surface area contributed by atoms with Crippen LogP contribution in [0.3, 0.4) is 0 Å². The monoisotopic (exact) mass is 408 g/mol. The van der Waals surface area contributed by atoms with Crippen molar-refractivity contribution in [3.8, 4) is 11.6 Å². The molecular weight excluding hydrogens is 388 g/mol. The molecule has 0 aliphatic rings. The fourth-order valence-corrected chi connectivity index (χ4v) is 3.58. The van der Waals surface area contributed by atoms with Crippen molar-refractivity contribution in [2.75, 3.05) is 6.61 Å². The lowest BCUT2D eigenvalue weighted by Gasteiger charge is -2.13. The van der Waals surface area contributed by atoms with E-state index in [1.165, 1.54) is 0 Å². The van der Waals surface area contributed by atoms with Crippen LogP contribution in [0, 0.1) is 0 Å². The average molecular weight is 409 g/mol. The zero-order valence-corrected chi connectivity index (χ0v) is 17.1. The Morgan fingerprint density at radius 2 is 2.00 bits per heavy atom. The summed E-state index contributed by atoms with van der Waals surface area (Å²) >= 11 is 6.23. The molecule has 148 valence electrons. The van der Waals surface area contributed by atoms with E-state index in [2.05, 4.69) is 10.1 Å². The Bertz CT molecular complexity index is 1230. The molecule has 0 aliphatic heterocycles. The molecular formula is C22H21ClN4O2. The quantitative estimate of drug-likeness (QED) is 0.484. The van der Waals surface area contributed by atoms with E-state index < -0.39 is 0 Å². The molecule has 0 aliphatic carbocycles. The molecule has 4 rings (SSSR count). The lowest BCUT2D eigenvalue weighted by molar-refractivity contribution is 0.294. The summed E-state index contributed by atoms with van der Waals surface area (Å²) in [5, 5.41) is 5.61. The van der Waals surface area contributed by atoms with Crippen molar-refractivity contribution in [2.24, 2.45) is 7.05 Å². The number of benzene rings is 2. The first kappa shape index (κ1) is 19.2. The Kier molecular flexibility index (Phi) is 5.36. The molecule has 2 heterocycles. The molecule has 0 N–H and O–H groups in total.